The van der Waals surface area contributed by atoms with Gasteiger partial charge in [0.25, 0.3) is 0 Å². The molecular weight excluding hydrogens is 202 g/mol. The number of methoxy groups -OCH3 is 1. The highest BCUT2D eigenvalue weighted by Crippen LogP contribution is 2.30. The van der Waals surface area contributed by atoms with Crippen molar-refractivity contribution >= 4 is 11.4 Å². The predicted octanol–water partition coefficient (Wildman–Crippen LogP) is -0.750. The lowest BCUT2D eigenvalue weighted by atomic mass is 10.2. The van der Waals surface area contributed by atoms with Gasteiger partial charge in [-0.2, -0.15) is 0 Å². The average Bonchev–Trinajstić information content (AvgIpc) is 2.16. The smallest absolute Gasteiger partial charge is 0.426 e. The van der Waals surface area contributed by atoms with E-state index in [0.29, 0.717) is 11.4 Å². The maximum Gasteiger partial charge on any atom is 0.426 e. The van der Waals surface area contributed by atoms with Crippen LogP contribution in [0.2, 0.25) is 0 Å². The van der Waals surface area contributed by atoms with Gasteiger partial charge in [0.1, 0.15) is 0 Å². The SMILES string of the molecule is COc1cc(N(C)C)ccc1[N+]#N.[Cl-]. The second kappa shape index (κ2) is 5.30. The van der Waals surface area contributed by atoms with Gasteiger partial charge in [-0.1, -0.05) is 0 Å². The lowest BCUT2D eigenvalue weighted by Gasteiger charge is -2.11. The van der Waals surface area contributed by atoms with Crippen LogP contribution in [0.15, 0.2) is 18.2 Å². The highest BCUT2D eigenvalue weighted by Gasteiger charge is 2.14. The van der Waals surface area contributed by atoms with Crippen molar-refractivity contribution in [1.29, 1.82) is 5.39 Å². The van der Waals surface area contributed by atoms with E-state index in [0.717, 1.165) is 5.69 Å². The quantitative estimate of drug-likeness (QED) is 0.607. The van der Waals surface area contributed by atoms with Crippen molar-refractivity contribution in [3.05, 3.63) is 23.2 Å². The van der Waals surface area contributed by atoms with Crippen molar-refractivity contribution < 1.29 is 17.1 Å². The Morgan fingerprint density at radius 1 is 1.36 bits per heavy atom. The zero-order chi connectivity index (χ0) is 9.84. The topological polar surface area (TPSA) is 40.6 Å². The monoisotopic (exact) mass is 213 g/mol. The van der Waals surface area contributed by atoms with E-state index in [-0.39, 0.29) is 12.4 Å². The summed E-state index contributed by atoms with van der Waals surface area (Å²) in [7, 11) is 5.42. The molecule has 0 N–H and O–H groups in total. The van der Waals surface area contributed by atoms with Crippen LogP contribution in [-0.4, -0.2) is 21.2 Å². The molecule has 0 atom stereocenters. The molecule has 0 aliphatic heterocycles. The van der Waals surface area contributed by atoms with Gasteiger partial charge in [-0.3, -0.25) is 0 Å². The third kappa shape index (κ3) is 2.51. The van der Waals surface area contributed by atoms with Crippen molar-refractivity contribution in [2.75, 3.05) is 26.1 Å². The molecule has 0 radical (unpaired) electrons. The van der Waals surface area contributed by atoms with Gasteiger partial charge < -0.3 is 22.0 Å². The molecule has 4 nitrogen and oxygen atoms in total. The average molecular weight is 214 g/mol. The van der Waals surface area contributed by atoms with Crippen LogP contribution in [0.4, 0.5) is 11.4 Å². The molecule has 1 rings (SSSR count). The van der Waals surface area contributed by atoms with E-state index in [1.54, 1.807) is 13.2 Å². The van der Waals surface area contributed by atoms with Gasteiger partial charge in [-0.15, -0.1) is 0 Å². The van der Waals surface area contributed by atoms with Crippen LogP contribution in [0, 0.1) is 5.39 Å². The molecule has 14 heavy (non-hydrogen) atoms. The van der Waals surface area contributed by atoms with E-state index in [9.17, 15) is 0 Å². The first-order chi connectivity index (χ1) is 6.19. The normalized spacial score (nSPS) is 8.43. The van der Waals surface area contributed by atoms with Crippen molar-refractivity contribution in [1.82, 2.24) is 0 Å². The molecular formula is C9H12ClN3O. The summed E-state index contributed by atoms with van der Waals surface area (Å²) < 4.78 is 5.05. The van der Waals surface area contributed by atoms with Gasteiger partial charge in [-0.25, -0.2) is 0 Å². The van der Waals surface area contributed by atoms with Gasteiger partial charge >= 0.3 is 5.69 Å². The second-order valence-electron chi connectivity index (χ2n) is 2.85. The van der Waals surface area contributed by atoms with E-state index in [1.807, 2.05) is 31.1 Å². The summed E-state index contributed by atoms with van der Waals surface area (Å²) in [6.45, 7) is 0. The molecule has 1 aromatic carbocycles. The minimum absolute atomic E-state index is 0. The fraction of sp³-hybridized carbons (Fsp3) is 0.333. The maximum absolute atomic E-state index is 8.61. The number of halogens is 1. The maximum atomic E-state index is 8.61. The van der Waals surface area contributed by atoms with Gasteiger partial charge in [-0.05, 0) is 6.07 Å². The van der Waals surface area contributed by atoms with Crippen LogP contribution in [0.1, 0.15) is 0 Å². The van der Waals surface area contributed by atoms with Crippen molar-refractivity contribution in [3.8, 4) is 5.75 Å². The van der Waals surface area contributed by atoms with Crippen molar-refractivity contribution in [3.63, 3.8) is 0 Å². The largest absolute Gasteiger partial charge is 1.00 e. The fourth-order valence-corrected chi connectivity index (χ4v) is 1.03. The summed E-state index contributed by atoms with van der Waals surface area (Å²) >= 11 is 0. The highest BCUT2D eigenvalue weighted by atomic mass is 35.5. The van der Waals surface area contributed by atoms with E-state index in [4.69, 9.17) is 10.1 Å². The number of ether oxygens (including phenoxy) is 1. The third-order valence-corrected chi connectivity index (χ3v) is 1.79. The Balaban J connectivity index is 0.00000169. The Morgan fingerprint density at radius 3 is 2.43 bits per heavy atom. The van der Waals surface area contributed by atoms with E-state index in [2.05, 4.69) is 4.98 Å². The number of hydrogen-bond acceptors (Lipinski definition) is 3. The number of hydrogen-bond donors (Lipinski definition) is 0. The summed E-state index contributed by atoms with van der Waals surface area (Å²) in [5.74, 6) is 0.564. The van der Waals surface area contributed by atoms with E-state index >= 15 is 0 Å². The molecule has 0 saturated carbocycles. The van der Waals surface area contributed by atoms with Crippen LogP contribution in [0.5, 0.6) is 5.75 Å². The molecule has 0 fully saturated rings. The molecule has 0 aliphatic rings. The summed E-state index contributed by atoms with van der Waals surface area (Å²) in [5, 5.41) is 8.61. The number of nitrogens with zero attached hydrogens (tertiary/aromatic N) is 3. The zero-order valence-electron chi connectivity index (χ0n) is 8.36. The van der Waals surface area contributed by atoms with Gasteiger partial charge in [0.15, 0.2) is 4.98 Å². The number of benzene rings is 1. The first-order valence-electron chi connectivity index (χ1n) is 3.89. The molecule has 0 aliphatic carbocycles. The lowest BCUT2D eigenvalue weighted by molar-refractivity contribution is -0.00000327. The van der Waals surface area contributed by atoms with Gasteiger partial charge in [0, 0.05) is 31.9 Å². The standard InChI is InChI=1S/C9H12N3O.ClH/c1-12(2)7-4-5-8(11-10)9(6-7)13-3;/h4-6H,1-3H3;1H/q+1;/p-1. The molecule has 5 heteroatoms. The highest BCUT2D eigenvalue weighted by molar-refractivity contribution is 5.64. The minimum Gasteiger partial charge on any atom is -1.00 e. The molecule has 0 amide bonds. The summed E-state index contributed by atoms with van der Waals surface area (Å²) in [5.41, 5.74) is 1.44. The first-order valence-corrected chi connectivity index (χ1v) is 3.89. The van der Waals surface area contributed by atoms with Gasteiger partial charge in [0.2, 0.25) is 11.1 Å². The molecule has 0 spiro atoms. The van der Waals surface area contributed by atoms with Crippen LogP contribution < -0.4 is 22.0 Å². The molecule has 0 bridgehead atoms. The third-order valence-electron chi connectivity index (χ3n) is 1.79. The van der Waals surface area contributed by atoms with Crippen LogP contribution in [-0.2, 0) is 0 Å². The molecule has 0 heterocycles. The second-order valence-corrected chi connectivity index (χ2v) is 2.85. The zero-order valence-corrected chi connectivity index (χ0v) is 9.12. The Bertz CT molecular complexity index is 346. The van der Waals surface area contributed by atoms with E-state index < -0.39 is 0 Å². The molecule has 0 unspecified atom stereocenters. The Labute approximate surface area is 89.5 Å². The van der Waals surface area contributed by atoms with Gasteiger partial charge in [0.05, 0.1) is 7.11 Å². The molecule has 1 aromatic rings. The summed E-state index contributed by atoms with van der Waals surface area (Å²) in [6.07, 6.45) is 0. The number of rotatable bonds is 2. The number of anilines is 1. The van der Waals surface area contributed by atoms with Crippen LogP contribution in [0.25, 0.3) is 4.98 Å². The van der Waals surface area contributed by atoms with E-state index in [1.165, 1.54) is 0 Å². The number of diazo groups is 1. The van der Waals surface area contributed by atoms with Crippen molar-refractivity contribution in [2.45, 2.75) is 0 Å². The molecule has 0 saturated heterocycles. The Kier molecular flexibility index (Phi) is 4.74. The van der Waals surface area contributed by atoms with Crippen LogP contribution >= 0.6 is 0 Å². The molecule has 76 valence electrons. The summed E-state index contributed by atoms with van der Waals surface area (Å²) in [6, 6.07) is 5.38. The van der Waals surface area contributed by atoms with Crippen LogP contribution in [0.3, 0.4) is 0 Å². The fourth-order valence-electron chi connectivity index (χ4n) is 1.03. The first kappa shape index (κ1) is 12.5. The summed E-state index contributed by atoms with van der Waals surface area (Å²) in [4.78, 5) is 5.05. The van der Waals surface area contributed by atoms with Crippen molar-refractivity contribution in [2.24, 2.45) is 0 Å². The Hall–Kier alpha value is -1.47. The predicted molar refractivity (Wildman–Crippen MR) is 52.1 cm³/mol. The lowest BCUT2D eigenvalue weighted by Crippen LogP contribution is -3.00. The molecule has 0 aromatic heterocycles. The minimum atomic E-state index is 0. The Morgan fingerprint density at radius 2 is 2.00 bits per heavy atom.